The van der Waals surface area contributed by atoms with Crippen molar-refractivity contribution in [2.75, 3.05) is 13.6 Å². The van der Waals surface area contributed by atoms with Gasteiger partial charge in [-0.15, -0.1) is 0 Å². The lowest BCUT2D eigenvalue weighted by Crippen LogP contribution is -2.34. The molecule has 0 saturated heterocycles. The molecule has 0 spiro atoms. The van der Waals surface area contributed by atoms with Crippen molar-refractivity contribution < 1.29 is 4.79 Å². The summed E-state index contributed by atoms with van der Waals surface area (Å²) >= 11 is 5.87. The van der Waals surface area contributed by atoms with Gasteiger partial charge in [-0.05, 0) is 44.0 Å². The van der Waals surface area contributed by atoms with Gasteiger partial charge in [0.05, 0.1) is 6.04 Å². The molecule has 19 heavy (non-hydrogen) atoms. The topological polar surface area (TPSA) is 46.3 Å². The smallest absolute Gasteiger partial charge is 0.225 e. The SMILES string of the molecule is CC(CCCN)C(=O)N(C)C(C)c1ccc(Cl)cc1. The van der Waals surface area contributed by atoms with Crippen molar-refractivity contribution in [3.63, 3.8) is 0 Å². The van der Waals surface area contributed by atoms with E-state index in [0.29, 0.717) is 11.6 Å². The first-order valence-corrected chi connectivity index (χ1v) is 7.07. The molecule has 0 bridgehead atoms. The maximum absolute atomic E-state index is 12.3. The van der Waals surface area contributed by atoms with Crippen LogP contribution in [0.3, 0.4) is 0 Å². The van der Waals surface area contributed by atoms with Crippen molar-refractivity contribution in [3.05, 3.63) is 34.9 Å². The molecule has 0 aliphatic rings. The van der Waals surface area contributed by atoms with Crippen LogP contribution in [0.15, 0.2) is 24.3 Å². The predicted octanol–water partition coefficient (Wildman–Crippen LogP) is 3.23. The third kappa shape index (κ3) is 4.51. The van der Waals surface area contributed by atoms with Gasteiger partial charge in [0.25, 0.3) is 0 Å². The van der Waals surface area contributed by atoms with E-state index in [-0.39, 0.29) is 17.9 Å². The molecule has 0 heterocycles. The predicted molar refractivity (Wildman–Crippen MR) is 80.1 cm³/mol. The van der Waals surface area contributed by atoms with Crippen molar-refractivity contribution in [3.8, 4) is 0 Å². The molecule has 2 atom stereocenters. The fraction of sp³-hybridized carbons (Fsp3) is 0.533. The van der Waals surface area contributed by atoms with Crippen molar-refractivity contribution in [2.24, 2.45) is 11.7 Å². The number of hydrogen-bond acceptors (Lipinski definition) is 2. The zero-order valence-electron chi connectivity index (χ0n) is 11.9. The minimum atomic E-state index is 0.0169. The number of benzene rings is 1. The summed E-state index contributed by atoms with van der Waals surface area (Å²) in [5.41, 5.74) is 6.57. The van der Waals surface area contributed by atoms with Gasteiger partial charge in [0, 0.05) is 18.0 Å². The summed E-state index contributed by atoms with van der Waals surface area (Å²) < 4.78 is 0. The maximum Gasteiger partial charge on any atom is 0.225 e. The van der Waals surface area contributed by atoms with Gasteiger partial charge in [-0.25, -0.2) is 0 Å². The lowest BCUT2D eigenvalue weighted by atomic mass is 10.0. The third-order valence-electron chi connectivity index (χ3n) is 3.54. The summed E-state index contributed by atoms with van der Waals surface area (Å²) in [6.07, 6.45) is 1.73. The largest absolute Gasteiger partial charge is 0.339 e. The standard InChI is InChI=1S/C15H23ClN2O/c1-11(5-4-10-17)15(19)18(3)12(2)13-6-8-14(16)9-7-13/h6-9,11-12H,4-5,10,17H2,1-3H3. The lowest BCUT2D eigenvalue weighted by molar-refractivity contribution is -0.135. The van der Waals surface area contributed by atoms with Crippen LogP contribution in [-0.2, 0) is 4.79 Å². The second-order valence-electron chi connectivity index (χ2n) is 5.01. The molecule has 4 heteroatoms. The third-order valence-corrected chi connectivity index (χ3v) is 3.80. The molecule has 0 fully saturated rings. The number of amides is 1. The van der Waals surface area contributed by atoms with Crippen LogP contribution in [0.25, 0.3) is 0 Å². The first-order chi connectivity index (χ1) is 8.97. The van der Waals surface area contributed by atoms with Gasteiger partial charge in [-0.1, -0.05) is 30.7 Å². The van der Waals surface area contributed by atoms with Gasteiger partial charge in [0.1, 0.15) is 0 Å². The highest BCUT2D eigenvalue weighted by molar-refractivity contribution is 6.30. The van der Waals surface area contributed by atoms with Crippen LogP contribution in [0.5, 0.6) is 0 Å². The van der Waals surface area contributed by atoms with Crippen LogP contribution >= 0.6 is 11.6 Å². The van der Waals surface area contributed by atoms with E-state index in [9.17, 15) is 4.79 Å². The quantitative estimate of drug-likeness (QED) is 0.871. The maximum atomic E-state index is 12.3. The van der Waals surface area contributed by atoms with E-state index >= 15 is 0 Å². The van der Waals surface area contributed by atoms with Crippen LogP contribution < -0.4 is 5.73 Å². The van der Waals surface area contributed by atoms with Crippen molar-refractivity contribution in [2.45, 2.75) is 32.7 Å². The van der Waals surface area contributed by atoms with E-state index in [1.54, 1.807) is 4.90 Å². The number of carbonyl (C=O) groups is 1. The number of carbonyl (C=O) groups excluding carboxylic acids is 1. The average Bonchev–Trinajstić information content (AvgIpc) is 2.43. The normalized spacial score (nSPS) is 13.9. The van der Waals surface area contributed by atoms with Gasteiger partial charge >= 0.3 is 0 Å². The zero-order chi connectivity index (χ0) is 14.4. The summed E-state index contributed by atoms with van der Waals surface area (Å²) in [5.74, 6) is 0.180. The van der Waals surface area contributed by atoms with Gasteiger partial charge in [0.15, 0.2) is 0 Å². The average molecular weight is 283 g/mol. The van der Waals surface area contributed by atoms with Gasteiger partial charge in [-0.3, -0.25) is 4.79 Å². The number of rotatable bonds is 6. The minimum Gasteiger partial charge on any atom is -0.339 e. The molecular formula is C15H23ClN2O. The van der Waals surface area contributed by atoms with E-state index in [2.05, 4.69) is 0 Å². The Balaban J connectivity index is 2.67. The van der Waals surface area contributed by atoms with Crippen molar-refractivity contribution in [1.82, 2.24) is 4.90 Å². The van der Waals surface area contributed by atoms with Gasteiger partial charge < -0.3 is 10.6 Å². The van der Waals surface area contributed by atoms with Crippen molar-refractivity contribution >= 4 is 17.5 Å². The summed E-state index contributed by atoms with van der Waals surface area (Å²) in [7, 11) is 1.85. The van der Waals surface area contributed by atoms with Gasteiger partial charge in [0.2, 0.25) is 5.91 Å². The number of hydrogen-bond donors (Lipinski definition) is 1. The van der Waals surface area contributed by atoms with Crippen LogP contribution in [-0.4, -0.2) is 24.4 Å². The molecule has 0 saturated carbocycles. The molecule has 2 N–H and O–H groups in total. The van der Waals surface area contributed by atoms with Gasteiger partial charge in [-0.2, -0.15) is 0 Å². The Morgan fingerprint density at radius 3 is 2.42 bits per heavy atom. The molecule has 1 aromatic rings. The Labute approximate surface area is 120 Å². The highest BCUT2D eigenvalue weighted by atomic mass is 35.5. The van der Waals surface area contributed by atoms with E-state index in [1.165, 1.54) is 0 Å². The monoisotopic (exact) mass is 282 g/mol. The molecular weight excluding hydrogens is 260 g/mol. The highest BCUT2D eigenvalue weighted by Crippen LogP contribution is 2.23. The van der Waals surface area contributed by atoms with E-state index in [0.717, 1.165) is 18.4 Å². The summed E-state index contributed by atoms with van der Waals surface area (Å²) in [6.45, 7) is 4.62. The molecule has 2 unspecified atom stereocenters. The Bertz CT molecular complexity index is 405. The molecule has 0 aromatic heterocycles. The molecule has 106 valence electrons. The molecule has 1 rings (SSSR count). The zero-order valence-corrected chi connectivity index (χ0v) is 12.7. The molecule has 0 aliphatic carbocycles. The van der Waals surface area contributed by atoms with E-state index < -0.39 is 0 Å². The van der Waals surface area contributed by atoms with E-state index in [1.807, 2.05) is 45.2 Å². The Morgan fingerprint density at radius 2 is 1.89 bits per heavy atom. The molecule has 1 amide bonds. The molecule has 3 nitrogen and oxygen atoms in total. The first kappa shape index (κ1) is 16.0. The summed E-state index contributed by atoms with van der Waals surface area (Å²) in [5, 5.41) is 0.709. The van der Waals surface area contributed by atoms with Crippen molar-refractivity contribution in [1.29, 1.82) is 0 Å². The second-order valence-corrected chi connectivity index (χ2v) is 5.45. The molecule has 0 aliphatic heterocycles. The molecule has 1 aromatic carbocycles. The second kappa shape index (κ2) is 7.51. The number of nitrogens with two attached hydrogens (primary N) is 1. The van der Waals surface area contributed by atoms with E-state index in [4.69, 9.17) is 17.3 Å². The molecule has 0 radical (unpaired) electrons. The lowest BCUT2D eigenvalue weighted by Gasteiger charge is -2.28. The first-order valence-electron chi connectivity index (χ1n) is 6.69. The van der Waals surface area contributed by atoms with Crippen LogP contribution in [0.4, 0.5) is 0 Å². The number of halogens is 1. The Hall–Kier alpha value is -1.06. The fourth-order valence-electron chi connectivity index (χ4n) is 2.05. The van der Waals surface area contributed by atoms with Crippen LogP contribution in [0.1, 0.15) is 38.3 Å². The van der Waals surface area contributed by atoms with Crippen LogP contribution in [0.2, 0.25) is 5.02 Å². The Morgan fingerprint density at radius 1 is 1.32 bits per heavy atom. The minimum absolute atomic E-state index is 0.0169. The Kier molecular flexibility index (Phi) is 6.32. The summed E-state index contributed by atoms with van der Waals surface area (Å²) in [4.78, 5) is 14.1. The highest BCUT2D eigenvalue weighted by Gasteiger charge is 2.21. The fourth-order valence-corrected chi connectivity index (χ4v) is 2.18. The summed E-state index contributed by atoms with van der Waals surface area (Å²) in [6, 6.07) is 7.67. The number of nitrogens with zero attached hydrogens (tertiary/aromatic N) is 1. The van der Waals surface area contributed by atoms with Crippen LogP contribution in [0, 0.1) is 5.92 Å².